The van der Waals surface area contributed by atoms with Gasteiger partial charge in [-0.2, -0.15) is 0 Å². The molecule has 0 radical (unpaired) electrons. The topological polar surface area (TPSA) is 66.4 Å². The lowest BCUT2D eigenvalue weighted by Crippen LogP contribution is -2.30. The molecule has 17 heavy (non-hydrogen) atoms. The van der Waals surface area contributed by atoms with Crippen molar-refractivity contribution >= 4 is 10.0 Å². The Bertz CT molecular complexity index is 462. The summed E-state index contributed by atoms with van der Waals surface area (Å²) in [6.45, 7) is 1.77. The van der Waals surface area contributed by atoms with Gasteiger partial charge in [0.2, 0.25) is 10.0 Å². The summed E-state index contributed by atoms with van der Waals surface area (Å²) < 4.78 is 38.8. The molecule has 0 fully saturated rings. The first-order chi connectivity index (χ1) is 7.94. The molecule has 1 atom stereocenters. The average molecular weight is 261 g/mol. The fraction of sp³-hybridized carbons (Fsp3) is 0.455. The number of aliphatic hydroxyl groups is 1. The second kappa shape index (κ2) is 6.09. The van der Waals surface area contributed by atoms with Gasteiger partial charge in [0.25, 0.3) is 0 Å². The van der Waals surface area contributed by atoms with Gasteiger partial charge in [-0.1, -0.05) is 25.1 Å². The highest BCUT2D eigenvalue weighted by atomic mass is 32.2. The minimum Gasteiger partial charge on any atom is -0.396 e. The van der Waals surface area contributed by atoms with E-state index in [2.05, 4.69) is 4.72 Å². The third kappa shape index (κ3) is 4.80. The van der Waals surface area contributed by atoms with E-state index in [1.807, 2.05) is 0 Å². The van der Waals surface area contributed by atoms with E-state index in [9.17, 15) is 12.8 Å². The summed E-state index contributed by atoms with van der Waals surface area (Å²) in [5.41, 5.74) is 0.136. The van der Waals surface area contributed by atoms with Gasteiger partial charge < -0.3 is 5.11 Å². The van der Waals surface area contributed by atoms with Gasteiger partial charge in [0.05, 0.1) is 5.75 Å². The van der Waals surface area contributed by atoms with Crippen molar-refractivity contribution in [2.75, 3.05) is 13.2 Å². The molecule has 96 valence electrons. The molecule has 0 saturated heterocycles. The van der Waals surface area contributed by atoms with Gasteiger partial charge in [0.1, 0.15) is 5.82 Å². The molecule has 0 aliphatic heterocycles. The van der Waals surface area contributed by atoms with E-state index in [1.165, 1.54) is 18.2 Å². The molecule has 0 saturated carbocycles. The van der Waals surface area contributed by atoms with Gasteiger partial charge in [-0.25, -0.2) is 17.5 Å². The average Bonchev–Trinajstić information content (AvgIpc) is 2.29. The van der Waals surface area contributed by atoms with Gasteiger partial charge in [0, 0.05) is 18.7 Å². The highest BCUT2D eigenvalue weighted by Crippen LogP contribution is 2.10. The lowest BCUT2D eigenvalue weighted by Gasteiger charge is -2.10. The Labute approximate surface area is 101 Å². The maximum absolute atomic E-state index is 13.3. The van der Waals surface area contributed by atoms with Crippen molar-refractivity contribution in [2.45, 2.75) is 12.7 Å². The number of rotatable bonds is 6. The Balaban J connectivity index is 2.64. The third-order valence-electron chi connectivity index (χ3n) is 2.27. The number of halogens is 1. The zero-order valence-electron chi connectivity index (χ0n) is 9.56. The maximum atomic E-state index is 13.3. The molecule has 0 aliphatic carbocycles. The van der Waals surface area contributed by atoms with Crippen LogP contribution in [0.5, 0.6) is 0 Å². The van der Waals surface area contributed by atoms with Crippen LogP contribution >= 0.6 is 0 Å². The van der Waals surface area contributed by atoms with Crippen LogP contribution in [-0.2, 0) is 15.8 Å². The van der Waals surface area contributed by atoms with Crippen molar-refractivity contribution in [1.29, 1.82) is 0 Å². The Kier molecular flexibility index (Phi) is 5.04. The standard InChI is InChI=1S/C11H16FNO3S/c1-9(7-14)6-13-17(15,16)8-10-4-2-3-5-11(10)12/h2-5,9,13-14H,6-8H2,1H3. The van der Waals surface area contributed by atoms with Crippen molar-refractivity contribution in [2.24, 2.45) is 5.92 Å². The monoisotopic (exact) mass is 261 g/mol. The number of nitrogens with one attached hydrogen (secondary N) is 1. The largest absolute Gasteiger partial charge is 0.396 e. The van der Waals surface area contributed by atoms with Crippen molar-refractivity contribution in [1.82, 2.24) is 4.72 Å². The molecule has 1 aromatic rings. The van der Waals surface area contributed by atoms with Crippen LogP contribution in [0.1, 0.15) is 12.5 Å². The maximum Gasteiger partial charge on any atom is 0.215 e. The molecule has 1 aromatic carbocycles. The molecule has 0 aliphatic rings. The highest BCUT2D eigenvalue weighted by Gasteiger charge is 2.14. The normalized spacial score (nSPS) is 13.6. The number of benzene rings is 1. The Morgan fingerprint density at radius 3 is 2.65 bits per heavy atom. The summed E-state index contributed by atoms with van der Waals surface area (Å²) in [4.78, 5) is 0. The molecular formula is C11H16FNO3S. The van der Waals surface area contributed by atoms with Gasteiger partial charge in [0.15, 0.2) is 0 Å². The van der Waals surface area contributed by atoms with E-state index < -0.39 is 21.6 Å². The predicted molar refractivity (Wildman–Crippen MR) is 63.3 cm³/mol. The summed E-state index contributed by atoms with van der Waals surface area (Å²) in [5, 5.41) is 8.77. The molecule has 1 rings (SSSR count). The molecule has 0 heterocycles. The molecule has 0 bridgehead atoms. The highest BCUT2D eigenvalue weighted by molar-refractivity contribution is 7.88. The van der Waals surface area contributed by atoms with Gasteiger partial charge in [-0.3, -0.25) is 0 Å². The smallest absolute Gasteiger partial charge is 0.215 e. The van der Waals surface area contributed by atoms with Gasteiger partial charge >= 0.3 is 0 Å². The molecule has 1 unspecified atom stereocenters. The van der Waals surface area contributed by atoms with E-state index in [0.29, 0.717) is 0 Å². The Morgan fingerprint density at radius 1 is 1.41 bits per heavy atom. The van der Waals surface area contributed by atoms with E-state index in [-0.39, 0.29) is 24.6 Å². The Morgan fingerprint density at radius 2 is 2.06 bits per heavy atom. The summed E-state index contributed by atoms with van der Waals surface area (Å²) in [5.74, 6) is -1.09. The Hall–Kier alpha value is -0.980. The fourth-order valence-electron chi connectivity index (χ4n) is 1.20. The number of sulfonamides is 1. The second-order valence-corrected chi connectivity index (χ2v) is 5.79. The summed E-state index contributed by atoms with van der Waals surface area (Å²) in [7, 11) is -3.56. The molecule has 0 amide bonds. The molecular weight excluding hydrogens is 245 g/mol. The lowest BCUT2D eigenvalue weighted by molar-refractivity contribution is 0.238. The summed E-state index contributed by atoms with van der Waals surface area (Å²) in [6, 6.07) is 5.75. The van der Waals surface area contributed by atoms with Crippen LogP contribution in [0.2, 0.25) is 0 Å². The minimum atomic E-state index is -3.56. The molecule has 4 nitrogen and oxygen atoms in total. The number of hydrogen-bond acceptors (Lipinski definition) is 3. The molecule has 6 heteroatoms. The second-order valence-electron chi connectivity index (χ2n) is 3.99. The first-order valence-electron chi connectivity index (χ1n) is 5.26. The van der Waals surface area contributed by atoms with Crippen LogP contribution in [-0.4, -0.2) is 26.7 Å². The van der Waals surface area contributed by atoms with E-state index in [4.69, 9.17) is 5.11 Å². The molecule has 0 spiro atoms. The molecule has 2 N–H and O–H groups in total. The van der Waals surface area contributed by atoms with Crippen molar-refractivity contribution in [3.63, 3.8) is 0 Å². The third-order valence-corrected chi connectivity index (χ3v) is 3.56. The van der Waals surface area contributed by atoms with E-state index in [0.717, 1.165) is 0 Å². The van der Waals surface area contributed by atoms with Crippen LogP contribution < -0.4 is 4.72 Å². The lowest BCUT2D eigenvalue weighted by atomic mass is 10.2. The fourth-order valence-corrected chi connectivity index (χ4v) is 2.49. The first-order valence-corrected chi connectivity index (χ1v) is 6.91. The summed E-state index contributed by atoms with van der Waals surface area (Å²) >= 11 is 0. The van der Waals surface area contributed by atoms with Crippen molar-refractivity contribution < 1.29 is 17.9 Å². The van der Waals surface area contributed by atoms with Crippen LogP contribution in [0.3, 0.4) is 0 Å². The van der Waals surface area contributed by atoms with Crippen LogP contribution in [0.25, 0.3) is 0 Å². The quantitative estimate of drug-likeness (QED) is 0.798. The summed E-state index contributed by atoms with van der Waals surface area (Å²) in [6.07, 6.45) is 0. The van der Waals surface area contributed by atoms with Gasteiger partial charge in [-0.05, 0) is 12.0 Å². The molecule has 0 aromatic heterocycles. The van der Waals surface area contributed by atoms with E-state index in [1.54, 1.807) is 13.0 Å². The number of aliphatic hydroxyl groups excluding tert-OH is 1. The van der Waals surface area contributed by atoms with Crippen molar-refractivity contribution in [3.8, 4) is 0 Å². The van der Waals surface area contributed by atoms with Crippen LogP contribution in [0, 0.1) is 11.7 Å². The first kappa shape index (κ1) is 14.1. The van der Waals surface area contributed by atoms with Gasteiger partial charge in [-0.15, -0.1) is 0 Å². The van der Waals surface area contributed by atoms with Crippen LogP contribution in [0.15, 0.2) is 24.3 Å². The van der Waals surface area contributed by atoms with Crippen LogP contribution in [0.4, 0.5) is 4.39 Å². The van der Waals surface area contributed by atoms with E-state index >= 15 is 0 Å². The zero-order valence-corrected chi connectivity index (χ0v) is 10.4. The zero-order chi connectivity index (χ0) is 12.9. The minimum absolute atomic E-state index is 0.0950. The van der Waals surface area contributed by atoms with Crippen molar-refractivity contribution in [3.05, 3.63) is 35.6 Å². The number of hydrogen-bond donors (Lipinski definition) is 2. The SMILES string of the molecule is CC(CO)CNS(=O)(=O)Cc1ccccc1F. The predicted octanol–water partition coefficient (Wildman–Crippen LogP) is 0.873.